The summed E-state index contributed by atoms with van der Waals surface area (Å²) < 4.78 is 0. The third kappa shape index (κ3) is 27.7. The Balaban J connectivity index is -0.000000498. The fourth-order valence-corrected chi connectivity index (χ4v) is 2.31. The van der Waals surface area contributed by atoms with Crippen molar-refractivity contribution in [1.29, 1.82) is 0 Å². The van der Waals surface area contributed by atoms with Crippen LogP contribution in [0.15, 0.2) is 0 Å². The zero-order valence-electron chi connectivity index (χ0n) is 21.3. The van der Waals surface area contributed by atoms with E-state index in [9.17, 15) is 43.2 Å². The molecule has 222 valence electrons. The van der Waals surface area contributed by atoms with Crippen molar-refractivity contribution in [2.24, 2.45) is 0 Å². The first-order valence-electron chi connectivity index (χ1n) is 10.9. The molecule has 0 aliphatic rings. The van der Waals surface area contributed by atoms with E-state index in [1.807, 2.05) is 0 Å². The van der Waals surface area contributed by atoms with Crippen molar-refractivity contribution < 1.29 is 73.8 Å². The monoisotopic (exact) mass is 567 g/mol. The van der Waals surface area contributed by atoms with Gasteiger partial charge in [0.2, 0.25) is 17.7 Å². The Morgan fingerprint density at radius 1 is 0.436 bits per heavy atom. The zero-order valence-corrected chi connectivity index (χ0v) is 21.3. The number of carboxylic acid groups (broad SMARTS) is 6. The summed E-state index contributed by atoms with van der Waals surface area (Å²) in [4.78, 5) is 93.1. The molecule has 0 aromatic rings. The van der Waals surface area contributed by atoms with Gasteiger partial charge in [-0.3, -0.25) is 28.8 Å². The van der Waals surface area contributed by atoms with Crippen molar-refractivity contribution >= 4 is 53.5 Å². The molecule has 39 heavy (non-hydrogen) atoms. The molecule has 0 aliphatic carbocycles. The Kier molecular flexibility index (Phi) is 21.2. The number of aliphatic carboxylic acids is 6. The predicted octanol–water partition coefficient (Wildman–Crippen LogP) is -1.68. The molecular formula is C21H33N3O15. The second-order valence-electron chi connectivity index (χ2n) is 7.57. The van der Waals surface area contributed by atoms with Crippen LogP contribution < -0.4 is 16.0 Å². The minimum atomic E-state index is -1.23. The molecule has 18 heteroatoms. The van der Waals surface area contributed by atoms with Crippen LogP contribution in [0, 0.1) is 0 Å². The largest absolute Gasteiger partial charge is 0.481 e. The molecule has 9 N–H and O–H groups in total. The molecule has 0 fully saturated rings. The summed E-state index contributed by atoms with van der Waals surface area (Å²) in [5.74, 6) is -8.40. The van der Waals surface area contributed by atoms with Crippen LogP contribution in [0.3, 0.4) is 0 Å². The first-order valence-corrected chi connectivity index (χ1v) is 10.9. The SMILES string of the molecule is CC(=O)N[C@@H](CCC(=O)O)C(=O)O.CC(=O)N[C@@H](CCC(=O)O)C(=O)O.CC(=O)N[C@@H](CCC(=O)O)C(=O)O. The van der Waals surface area contributed by atoms with Crippen LogP contribution in [0.2, 0.25) is 0 Å². The average Bonchev–Trinajstić information content (AvgIpc) is 2.76. The molecule has 3 atom stereocenters. The van der Waals surface area contributed by atoms with Gasteiger partial charge in [0, 0.05) is 40.0 Å². The highest BCUT2D eigenvalue weighted by Crippen LogP contribution is 1.99. The molecule has 0 aromatic heterocycles. The molecule has 18 nitrogen and oxygen atoms in total. The van der Waals surface area contributed by atoms with E-state index in [0.29, 0.717) is 0 Å². The second-order valence-corrected chi connectivity index (χ2v) is 7.57. The quantitative estimate of drug-likeness (QED) is 0.107. The van der Waals surface area contributed by atoms with E-state index in [-0.39, 0.29) is 38.5 Å². The van der Waals surface area contributed by atoms with Gasteiger partial charge in [-0.05, 0) is 19.3 Å². The van der Waals surface area contributed by atoms with Gasteiger partial charge in [0.1, 0.15) is 18.1 Å². The maximum Gasteiger partial charge on any atom is 0.326 e. The van der Waals surface area contributed by atoms with Gasteiger partial charge >= 0.3 is 35.8 Å². The number of carbonyl (C=O) groups excluding carboxylic acids is 3. The third-order valence-electron chi connectivity index (χ3n) is 3.97. The van der Waals surface area contributed by atoms with E-state index < -0.39 is 71.7 Å². The zero-order chi connectivity index (χ0) is 31.3. The van der Waals surface area contributed by atoms with Crippen LogP contribution in [0.1, 0.15) is 59.3 Å². The van der Waals surface area contributed by atoms with Gasteiger partial charge in [0.25, 0.3) is 0 Å². The Morgan fingerprint density at radius 2 is 0.615 bits per heavy atom. The summed E-state index contributed by atoms with van der Waals surface area (Å²) in [6.07, 6.45) is -1.16. The maximum atomic E-state index is 10.5. The van der Waals surface area contributed by atoms with Crippen LogP contribution in [-0.2, 0) is 43.2 Å². The van der Waals surface area contributed by atoms with Gasteiger partial charge in [-0.1, -0.05) is 0 Å². The number of rotatable bonds is 15. The average molecular weight is 568 g/mol. The van der Waals surface area contributed by atoms with Crippen molar-refractivity contribution in [3.63, 3.8) is 0 Å². The van der Waals surface area contributed by atoms with Crippen molar-refractivity contribution in [3.05, 3.63) is 0 Å². The highest BCUT2D eigenvalue weighted by atomic mass is 16.4. The molecule has 0 radical (unpaired) electrons. The second kappa shape index (κ2) is 21.3. The molecule has 0 aliphatic heterocycles. The Labute approximate surface area is 221 Å². The topological polar surface area (TPSA) is 311 Å². The van der Waals surface area contributed by atoms with E-state index in [2.05, 4.69) is 16.0 Å². The standard InChI is InChI=1S/3C7H11NO5/c3*1-4(9)8-5(7(12)13)2-3-6(10)11/h3*5H,2-3H2,1H3,(H,8,9)(H,10,11)(H,12,13)/t3*5-/m000/s1. The third-order valence-corrected chi connectivity index (χ3v) is 3.97. The molecule has 0 bridgehead atoms. The summed E-state index contributed by atoms with van der Waals surface area (Å²) in [6, 6.07) is -3.35. The highest BCUT2D eigenvalue weighted by molar-refractivity contribution is 5.84. The van der Waals surface area contributed by atoms with Crippen LogP contribution in [0.4, 0.5) is 0 Å². The van der Waals surface area contributed by atoms with E-state index in [1.165, 1.54) is 20.8 Å². The lowest BCUT2D eigenvalue weighted by Crippen LogP contribution is -2.39. The lowest BCUT2D eigenvalue weighted by Gasteiger charge is -2.10. The van der Waals surface area contributed by atoms with Crippen molar-refractivity contribution in [1.82, 2.24) is 16.0 Å². The fourth-order valence-electron chi connectivity index (χ4n) is 2.31. The molecule has 0 aromatic carbocycles. The van der Waals surface area contributed by atoms with Gasteiger partial charge < -0.3 is 46.6 Å². The Bertz CT molecular complexity index is 789. The number of hydrogen-bond acceptors (Lipinski definition) is 9. The lowest BCUT2D eigenvalue weighted by atomic mass is 10.1. The van der Waals surface area contributed by atoms with Crippen LogP contribution in [0.5, 0.6) is 0 Å². The molecular weight excluding hydrogens is 534 g/mol. The van der Waals surface area contributed by atoms with E-state index in [1.54, 1.807) is 0 Å². The molecule has 0 heterocycles. The molecule has 0 saturated carbocycles. The smallest absolute Gasteiger partial charge is 0.326 e. The summed E-state index contributed by atoms with van der Waals surface area (Å²) in [6.45, 7) is 3.53. The van der Waals surface area contributed by atoms with Gasteiger partial charge in [0.15, 0.2) is 0 Å². The maximum absolute atomic E-state index is 10.5. The van der Waals surface area contributed by atoms with E-state index >= 15 is 0 Å². The summed E-state index contributed by atoms with van der Waals surface area (Å²) in [5.41, 5.74) is 0. The van der Waals surface area contributed by atoms with Crippen LogP contribution in [0.25, 0.3) is 0 Å². The van der Waals surface area contributed by atoms with Crippen molar-refractivity contribution in [2.45, 2.75) is 77.4 Å². The number of amides is 3. The Morgan fingerprint density at radius 3 is 0.718 bits per heavy atom. The Hall–Kier alpha value is -4.77. The molecule has 3 amide bonds. The molecule has 0 unspecified atom stereocenters. The van der Waals surface area contributed by atoms with Gasteiger partial charge in [-0.15, -0.1) is 0 Å². The number of hydrogen-bond donors (Lipinski definition) is 9. The summed E-state index contributed by atoms with van der Waals surface area (Å²) >= 11 is 0. The van der Waals surface area contributed by atoms with Crippen molar-refractivity contribution in [2.75, 3.05) is 0 Å². The van der Waals surface area contributed by atoms with Gasteiger partial charge in [-0.2, -0.15) is 0 Å². The van der Waals surface area contributed by atoms with Crippen LogP contribution in [-0.4, -0.2) is 102 Å². The normalized spacial score (nSPS) is 11.8. The van der Waals surface area contributed by atoms with Gasteiger partial charge in [-0.25, -0.2) is 14.4 Å². The van der Waals surface area contributed by atoms with E-state index in [4.69, 9.17) is 30.6 Å². The van der Waals surface area contributed by atoms with E-state index in [0.717, 1.165) is 0 Å². The van der Waals surface area contributed by atoms with Crippen molar-refractivity contribution in [3.8, 4) is 0 Å². The predicted molar refractivity (Wildman–Crippen MR) is 126 cm³/mol. The number of carbonyl (C=O) groups is 9. The first kappa shape index (κ1) is 38.8. The van der Waals surface area contributed by atoms with Crippen LogP contribution >= 0.6 is 0 Å². The minimum absolute atomic E-state index is 0.107. The lowest BCUT2D eigenvalue weighted by molar-refractivity contribution is -0.143. The highest BCUT2D eigenvalue weighted by Gasteiger charge is 2.20. The minimum Gasteiger partial charge on any atom is -0.481 e. The first-order chi connectivity index (χ1) is 17.8. The summed E-state index contributed by atoms with van der Waals surface area (Å²) in [7, 11) is 0. The molecule has 0 spiro atoms. The molecule has 0 saturated heterocycles. The summed E-state index contributed by atoms with van der Waals surface area (Å²) in [5, 5.41) is 56.8. The fraction of sp³-hybridized carbons (Fsp3) is 0.571. The number of nitrogens with one attached hydrogen (secondary N) is 3. The molecule has 0 rings (SSSR count). The van der Waals surface area contributed by atoms with Gasteiger partial charge in [0.05, 0.1) is 0 Å². The number of carboxylic acids is 6.